The number of ether oxygens (including phenoxy) is 3. The Morgan fingerprint density at radius 2 is 0.639 bits per heavy atom. The molecule has 0 fully saturated rings. The van der Waals surface area contributed by atoms with Crippen LogP contribution in [0.1, 0.15) is 149 Å². The van der Waals surface area contributed by atoms with E-state index >= 15 is 0 Å². The van der Waals surface area contributed by atoms with Gasteiger partial charge in [0.05, 0.1) is 0 Å². The van der Waals surface area contributed by atoms with Gasteiger partial charge in [-0.2, -0.15) is 0 Å². The average Bonchev–Trinajstić information content (AvgIpc) is 3.26. The lowest BCUT2D eigenvalue weighted by molar-refractivity contribution is -0.167. The van der Waals surface area contributed by atoms with Gasteiger partial charge in [0.25, 0.3) is 0 Å². The average molecular weight is 837 g/mol. The topological polar surface area (TPSA) is 78.9 Å². The number of hydrogen-bond acceptors (Lipinski definition) is 6. The first-order valence-corrected chi connectivity index (χ1v) is 23.2. The molecule has 1 unspecified atom stereocenters. The van der Waals surface area contributed by atoms with E-state index in [9.17, 15) is 14.4 Å². The fourth-order valence-corrected chi connectivity index (χ4v) is 5.35. The molecule has 0 aromatic rings. The molecule has 0 amide bonds. The maximum atomic E-state index is 12.7. The first-order chi connectivity index (χ1) is 30.0. The van der Waals surface area contributed by atoms with Crippen molar-refractivity contribution < 1.29 is 28.6 Å². The number of allylic oxidation sites excluding steroid dienone is 26. The van der Waals surface area contributed by atoms with Gasteiger partial charge in [0, 0.05) is 19.3 Å². The molecule has 0 aliphatic heterocycles. The third-order valence-electron chi connectivity index (χ3n) is 8.81. The number of carbonyl (C=O) groups is 3. The maximum absolute atomic E-state index is 12.7. The lowest BCUT2D eigenvalue weighted by atomic mass is 10.1. The molecule has 0 saturated carbocycles. The van der Waals surface area contributed by atoms with Crippen molar-refractivity contribution in [2.45, 2.75) is 155 Å². The molecule has 6 heteroatoms. The Hall–Kier alpha value is -4.97. The van der Waals surface area contributed by atoms with Crippen LogP contribution in [0.5, 0.6) is 0 Å². The van der Waals surface area contributed by atoms with E-state index in [0.717, 1.165) is 83.5 Å². The summed E-state index contributed by atoms with van der Waals surface area (Å²) in [7, 11) is 0. The number of hydrogen-bond donors (Lipinski definition) is 0. The second kappa shape index (κ2) is 47.7. The van der Waals surface area contributed by atoms with Crippen LogP contribution in [-0.2, 0) is 28.6 Å². The highest BCUT2D eigenvalue weighted by molar-refractivity contribution is 5.71. The van der Waals surface area contributed by atoms with E-state index < -0.39 is 6.10 Å². The molecular formula is C55H80O6. The molecule has 0 heterocycles. The van der Waals surface area contributed by atoms with Gasteiger partial charge in [-0.15, -0.1) is 0 Å². The van der Waals surface area contributed by atoms with Crippen LogP contribution in [0.25, 0.3) is 0 Å². The van der Waals surface area contributed by atoms with E-state index in [2.05, 4.69) is 69.4 Å². The largest absolute Gasteiger partial charge is 0.462 e. The monoisotopic (exact) mass is 837 g/mol. The fraction of sp³-hybridized carbons (Fsp3) is 0.473. The van der Waals surface area contributed by atoms with E-state index in [1.807, 2.05) is 109 Å². The van der Waals surface area contributed by atoms with Gasteiger partial charge >= 0.3 is 17.9 Å². The molecule has 0 aliphatic carbocycles. The first-order valence-electron chi connectivity index (χ1n) is 23.2. The summed E-state index contributed by atoms with van der Waals surface area (Å²) >= 11 is 0. The molecule has 0 aromatic heterocycles. The lowest BCUT2D eigenvalue weighted by Crippen LogP contribution is -2.30. The van der Waals surface area contributed by atoms with Gasteiger partial charge in [0.1, 0.15) is 13.2 Å². The van der Waals surface area contributed by atoms with Crippen LogP contribution in [0, 0.1) is 0 Å². The molecule has 0 radical (unpaired) electrons. The van der Waals surface area contributed by atoms with Crippen molar-refractivity contribution in [3.8, 4) is 0 Å². The Morgan fingerprint density at radius 3 is 0.984 bits per heavy atom. The van der Waals surface area contributed by atoms with Crippen LogP contribution in [0.15, 0.2) is 158 Å². The third-order valence-corrected chi connectivity index (χ3v) is 8.81. The molecule has 0 saturated heterocycles. The standard InChI is InChI=1S/C55H80O6/c1-4-7-10-13-16-19-22-24-26-27-29-30-33-36-39-42-45-48-54(57)60-51-52(50-59-53(56)47-44-41-38-35-32-21-18-15-12-9-6-3)61-55(58)49-46-43-40-37-34-31-28-25-23-20-17-14-11-8-5-2/h7-8,10-11,13-34,52H,4-6,9,12,35-51H2,1-3H3/b10-7-,11-8-,16-13-,17-14-,18-15-,22-19-,23-20-,26-24-,28-25-,29-27+,32-21-,33-30-,34-31-. The van der Waals surface area contributed by atoms with Crippen LogP contribution in [0.4, 0.5) is 0 Å². The van der Waals surface area contributed by atoms with Gasteiger partial charge in [-0.05, 0) is 77.0 Å². The summed E-state index contributed by atoms with van der Waals surface area (Å²) in [5, 5.41) is 0. The highest BCUT2D eigenvalue weighted by atomic mass is 16.6. The SMILES string of the molecule is CC\C=C/C=C\C=C/C=C\C=C/CCCCCC(=O)OC(COC(=O)CCCCC/C=C\C=C/CCCC)COC(=O)CCCCC\C=C/C=C/C=C\C=C/C=C\C=C/CC. The maximum Gasteiger partial charge on any atom is 0.306 e. The zero-order valence-electron chi connectivity index (χ0n) is 38.1. The summed E-state index contributed by atoms with van der Waals surface area (Å²) < 4.78 is 16.6. The van der Waals surface area contributed by atoms with Crippen molar-refractivity contribution in [2.24, 2.45) is 0 Å². The second-order valence-corrected chi connectivity index (χ2v) is 14.5. The van der Waals surface area contributed by atoms with Crippen molar-refractivity contribution in [1.29, 1.82) is 0 Å². The Balaban J connectivity index is 4.64. The van der Waals surface area contributed by atoms with E-state index in [1.165, 1.54) is 12.8 Å². The highest BCUT2D eigenvalue weighted by Gasteiger charge is 2.19. The minimum absolute atomic E-state index is 0.133. The van der Waals surface area contributed by atoms with Crippen LogP contribution in [0.2, 0.25) is 0 Å². The van der Waals surface area contributed by atoms with Gasteiger partial charge in [0.2, 0.25) is 0 Å². The molecule has 1 atom stereocenters. The number of carbonyl (C=O) groups excluding carboxylic acids is 3. The van der Waals surface area contributed by atoms with Gasteiger partial charge in [0.15, 0.2) is 6.10 Å². The zero-order chi connectivity index (χ0) is 44.4. The van der Waals surface area contributed by atoms with Gasteiger partial charge < -0.3 is 14.2 Å². The van der Waals surface area contributed by atoms with Crippen molar-refractivity contribution in [1.82, 2.24) is 0 Å². The summed E-state index contributed by atoms with van der Waals surface area (Å²) in [6.45, 7) is 6.15. The Morgan fingerprint density at radius 1 is 0.344 bits per heavy atom. The summed E-state index contributed by atoms with van der Waals surface area (Å²) in [4.78, 5) is 37.8. The smallest absolute Gasteiger partial charge is 0.306 e. The minimum Gasteiger partial charge on any atom is -0.462 e. The fourth-order valence-electron chi connectivity index (χ4n) is 5.35. The summed E-state index contributed by atoms with van der Waals surface area (Å²) in [5.74, 6) is -1.07. The number of rotatable bonds is 38. The van der Waals surface area contributed by atoms with Crippen LogP contribution >= 0.6 is 0 Å². The van der Waals surface area contributed by atoms with Crippen LogP contribution in [0.3, 0.4) is 0 Å². The van der Waals surface area contributed by atoms with Gasteiger partial charge in [-0.1, -0.05) is 211 Å². The molecule has 61 heavy (non-hydrogen) atoms. The molecule has 0 rings (SSSR count). The third kappa shape index (κ3) is 46.0. The molecule has 0 aliphatic rings. The quantitative estimate of drug-likeness (QED) is 0.0267. The van der Waals surface area contributed by atoms with Crippen molar-refractivity contribution >= 4 is 17.9 Å². The molecule has 0 aromatic carbocycles. The molecule has 0 N–H and O–H groups in total. The van der Waals surface area contributed by atoms with Gasteiger partial charge in [-0.25, -0.2) is 0 Å². The summed E-state index contributed by atoms with van der Waals surface area (Å²) in [6, 6.07) is 0. The molecule has 0 bridgehead atoms. The zero-order valence-corrected chi connectivity index (χ0v) is 38.1. The van der Waals surface area contributed by atoms with Crippen molar-refractivity contribution in [3.05, 3.63) is 158 Å². The number of unbranched alkanes of at least 4 members (excludes halogenated alkanes) is 11. The summed E-state index contributed by atoms with van der Waals surface area (Å²) in [5.41, 5.74) is 0. The molecule has 0 spiro atoms. The Labute approximate surface area is 371 Å². The van der Waals surface area contributed by atoms with E-state index in [4.69, 9.17) is 14.2 Å². The van der Waals surface area contributed by atoms with Crippen LogP contribution in [-0.4, -0.2) is 37.2 Å². The normalized spacial score (nSPS) is 13.6. The van der Waals surface area contributed by atoms with E-state index in [-0.39, 0.29) is 44.0 Å². The Bertz CT molecular complexity index is 1470. The molecule has 336 valence electrons. The first kappa shape index (κ1) is 56.0. The van der Waals surface area contributed by atoms with Crippen LogP contribution < -0.4 is 0 Å². The number of esters is 3. The van der Waals surface area contributed by atoms with Crippen molar-refractivity contribution in [3.63, 3.8) is 0 Å². The van der Waals surface area contributed by atoms with Crippen molar-refractivity contribution in [2.75, 3.05) is 13.2 Å². The Kier molecular flexibility index (Phi) is 43.8. The van der Waals surface area contributed by atoms with Gasteiger partial charge in [-0.3, -0.25) is 14.4 Å². The molecular weight excluding hydrogens is 757 g/mol. The van der Waals surface area contributed by atoms with E-state index in [0.29, 0.717) is 19.3 Å². The minimum atomic E-state index is -0.836. The highest BCUT2D eigenvalue weighted by Crippen LogP contribution is 2.10. The predicted molar refractivity (Wildman–Crippen MR) is 260 cm³/mol. The lowest BCUT2D eigenvalue weighted by Gasteiger charge is -2.18. The summed E-state index contributed by atoms with van der Waals surface area (Å²) in [6.07, 6.45) is 69.3. The molecule has 6 nitrogen and oxygen atoms in total. The predicted octanol–water partition coefficient (Wildman–Crippen LogP) is 15.1. The van der Waals surface area contributed by atoms with E-state index in [1.54, 1.807) is 0 Å². The second-order valence-electron chi connectivity index (χ2n) is 14.5.